The van der Waals surface area contributed by atoms with Gasteiger partial charge in [-0.05, 0) is 42.4 Å². The van der Waals surface area contributed by atoms with Crippen LogP contribution >= 0.6 is 0 Å². The number of benzene rings is 1. The molecule has 1 aromatic rings. The average molecular weight is 260 g/mol. The minimum Gasteiger partial charge on any atom is -0.352 e. The number of amides is 1. The first-order valence-corrected chi connectivity index (χ1v) is 7.30. The van der Waals surface area contributed by atoms with Crippen molar-refractivity contribution in [3.63, 3.8) is 0 Å². The van der Waals surface area contributed by atoms with Crippen LogP contribution in [0.1, 0.15) is 60.6 Å². The molecule has 0 radical (unpaired) electrons. The highest BCUT2D eigenvalue weighted by atomic mass is 16.1. The number of hydrogen-bond donors (Lipinski definition) is 2. The summed E-state index contributed by atoms with van der Waals surface area (Å²) in [6.07, 6.45) is 4.23. The van der Waals surface area contributed by atoms with Crippen molar-refractivity contribution in [1.82, 2.24) is 5.32 Å². The van der Waals surface area contributed by atoms with E-state index in [0.29, 0.717) is 5.92 Å². The van der Waals surface area contributed by atoms with Crippen molar-refractivity contribution < 1.29 is 4.79 Å². The third-order valence-corrected chi connectivity index (χ3v) is 4.03. The Hall–Kier alpha value is -1.35. The maximum atomic E-state index is 12.0. The zero-order valence-corrected chi connectivity index (χ0v) is 11.9. The van der Waals surface area contributed by atoms with Crippen molar-refractivity contribution in [3.05, 3.63) is 34.9 Å². The second kappa shape index (κ2) is 6.20. The van der Waals surface area contributed by atoms with Crippen LogP contribution in [0.2, 0.25) is 0 Å². The lowest BCUT2D eigenvalue weighted by molar-refractivity contribution is 0.0956. The molecule has 0 aliphatic carbocycles. The number of nitrogens with one attached hydrogen (secondary N) is 1. The van der Waals surface area contributed by atoms with E-state index >= 15 is 0 Å². The zero-order chi connectivity index (χ0) is 13.8. The molecule has 0 saturated carbocycles. The van der Waals surface area contributed by atoms with Crippen LogP contribution in [0, 0.1) is 5.92 Å². The van der Waals surface area contributed by atoms with Crippen LogP contribution < -0.4 is 11.1 Å². The molecule has 0 saturated heterocycles. The molecule has 3 nitrogen and oxygen atoms in total. The maximum Gasteiger partial charge on any atom is 0.251 e. The molecule has 3 heteroatoms. The molecule has 0 fully saturated rings. The molecular formula is C16H24N2O. The number of carbonyl (C=O) groups excluding carboxylic acids is 1. The molecule has 0 bridgehead atoms. The van der Waals surface area contributed by atoms with Crippen molar-refractivity contribution in [2.75, 3.05) is 6.54 Å². The second-order valence-electron chi connectivity index (χ2n) is 5.57. The fourth-order valence-electron chi connectivity index (χ4n) is 2.77. The Bertz CT molecular complexity index is 456. The van der Waals surface area contributed by atoms with Crippen molar-refractivity contribution in [2.24, 2.45) is 11.7 Å². The van der Waals surface area contributed by atoms with Gasteiger partial charge in [0.1, 0.15) is 0 Å². The van der Waals surface area contributed by atoms with Gasteiger partial charge in [-0.1, -0.05) is 32.4 Å². The molecule has 0 spiro atoms. The van der Waals surface area contributed by atoms with Crippen LogP contribution in [-0.4, -0.2) is 12.5 Å². The van der Waals surface area contributed by atoms with Crippen molar-refractivity contribution in [3.8, 4) is 0 Å². The summed E-state index contributed by atoms with van der Waals surface area (Å²) in [6, 6.07) is 6.18. The lowest BCUT2D eigenvalue weighted by Crippen LogP contribution is -2.24. The number of rotatable bonds is 4. The van der Waals surface area contributed by atoms with Gasteiger partial charge in [0.05, 0.1) is 0 Å². The number of fused-ring (bicyclic) bond motifs is 1. The van der Waals surface area contributed by atoms with E-state index in [2.05, 4.69) is 31.3 Å². The van der Waals surface area contributed by atoms with Crippen molar-refractivity contribution >= 4 is 5.91 Å². The van der Waals surface area contributed by atoms with Gasteiger partial charge in [-0.15, -0.1) is 0 Å². The van der Waals surface area contributed by atoms with Gasteiger partial charge < -0.3 is 11.1 Å². The standard InChI is InChI=1S/C16H24N2O/c1-3-5-11(2)15(17)13-8-7-12-6-4-9-18-16(19)14(12)10-13/h7-8,10-11,15H,3-6,9,17H2,1-2H3,(H,18,19). The summed E-state index contributed by atoms with van der Waals surface area (Å²) in [6.45, 7) is 5.12. The zero-order valence-electron chi connectivity index (χ0n) is 11.9. The van der Waals surface area contributed by atoms with Crippen LogP contribution in [0.3, 0.4) is 0 Å². The van der Waals surface area contributed by atoms with Gasteiger partial charge in [-0.3, -0.25) is 4.79 Å². The molecule has 1 aliphatic rings. The van der Waals surface area contributed by atoms with E-state index in [1.807, 2.05) is 6.07 Å². The highest BCUT2D eigenvalue weighted by Crippen LogP contribution is 2.26. The van der Waals surface area contributed by atoms with Gasteiger partial charge in [-0.2, -0.15) is 0 Å². The van der Waals surface area contributed by atoms with Crippen LogP contribution in [0.5, 0.6) is 0 Å². The highest BCUT2D eigenvalue weighted by molar-refractivity contribution is 5.96. The fourth-order valence-corrected chi connectivity index (χ4v) is 2.77. The third-order valence-electron chi connectivity index (χ3n) is 4.03. The molecule has 19 heavy (non-hydrogen) atoms. The Kier molecular flexibility index (Phi) is 4.59. The predicted octanol–water partition coefficient (Wildman–Crippen LogP) is 2.80. The molecule has 3 N–H and O–H groups in total. The average Bonchev–Trinajstić information content (AvgIpc) is 2.60. The molecule has 2 atom stereocenters. The summed E-state index contributed by atoms with van der Waals surface area (Å²) in [5, 5.41) is 2.94. The molecule has 2 rings (SSSR count). The Morgan fingerprint density at radius 2 is 2.21 bits per heavy atom. The quantitative estimate of drug-likeness (QED) is 0.874. The summed E-state index contributed by atoms with van der Waals surface area (Å²) in [4.78, 5) is 12.0. The Balaban J connectivity index is 2.26. The minimum absolute atomic E-state index is 0.0151. The normalized spacial score (nSPS) is 18.2. The van der Waals surface area contributed by atoms with Gasteiger partial charge in [0.2, 0.25) is 0 Å². The highest BCUT2D eigenvalue weighted by Gasteiger charge is 2.19. The molecule has 2 unspecified atom stereocenters. The van der Waals surface area contributed by atoms with E-state index < -0.39 is 0 Å². The number of hydrogen-bond acceptors (Lipinski definition) is 2. The van der Waals surface area contributed by atoms with E-state index in [-0.39, 0.29) is 11.9 Å². The molecule has 1 aliphatic heterocycles. The summed E-state index contributed by atoms with van der Waals surface area (Å²) >= 11 is 0. The first-order chi connectivity index (χ1) is 9.13. The van der Waals surface area contributed by atoms with E-state index in [1.54, 1.807) is 0 Å². The maximum absolute atomic E-state index is 12.0. The minimum atomic E-state index is 0.0151. The predicted molar refractivity (Wildman–Crippen MR) is 78.1 cm³/mol. The van der Waals surface area contributed by atoms with Gasteiger partial charge in [-0.25, -0.2) is 0 Å². The van der Waals surface area contributed by atoms with Crippen molar-refractivity contribution in [1.29, 1.82) is 0 Å². The molecule has 1 aromatic carbocycles. The van der Waals surface area contributed by atoms with E-state index in [1.165, 1.54) is 0 Å². The van der Waals surface area contributed by atoms with Crippen LogP contribution in [0.4, 0.5) is 0 Å². The summed E-state index contributed by atoms with van der Waals surface area (Å²) in [7, 11) is 0. The van der Waals surface area contributed by atoms with Gasteiger partial charge >= 0.3 is 0 Å². The lowest BCUT2D eigenvalue weighted by Gasteiger charge is -2.21. The first kappa shape index (κ1) is 14.1. The van der Waals surface area contributed by atoms with Crippen LogP contribution in [-0.2, 0) is 6.42 Å². The van der Waals surface area contributed by atoms with Crippen molar-refractivity contribution in [2.45, 2.75) is 45.6 Å². The lowest BCUT2D eigenvalue weighted by atomic mass is 9.89. The summed E-state index contributed by atoms with van der Waals surface area (Å²) in [5.74, 6) is 0.488. The van der Waals surface area contributed by atoms with Crippen LogP contribution in [0.25, 0.3) is 0 Å². The first-order valence-electron chi connectivity index (χ1n) is 7.30. The Morgan fingerprint density at radius 1 is 1.42 bits per heavy atom. The van der Waals surface area contributed by atoms with E-state index in [4.69, 9.17) is 5.73 Å². The second-order valence-corrected chi connectivity index (χ2v) is 5.57. The largest absolute Gasteiger partial charge is 0.352 e. The van der Waals surface area contributed by atoms with E-state index in [0.717, 1.165) is 48.9 Å². The molecule has 0 aromatic heterocycles. The molecule has 1 amide bonds. The van der Waals surface area contributed by atoms with Gasteiger partial charge in [0.15, 0.2) is 0 Å². The molecule has 104 valence electrons. The molecule has 1 heterocycles. The fraction of sp³-hybridized carbons (Fsp3) is 0.562. The van der Waals surface area contributed by atoms with Gasteiger partial charge in [0.25, 0.3) is 5.91 Å². The monoisotopic (exact) mass is 260 g/mol. The topological polar surface area (TPSA) is 55.1 Å². The Morgan fingerprint density at radius 3 is 2.95 bits per heavy atom. The van der Waals surface area contributed by atoms with Gasteiger partial charge in [0, 0.05) is 18.2 Å². The number of nitrogens with two attached hydrogens (primary N) is 1. The summed E-state index contributed by atoms with van der Waals surface area (Å²) in [5.41, 5.74) is 9.35. The number of carbonyl (C=O) groups is 1. The Labute approximate surface area is 115 Å². The number of aryl methyl sites for hydroxylation is 1. The third kappa shape index (κ3) is 3.16. The van der Waals surface area contributed by atoms with Crippen LogP contribution in [0.15, 0.2) is 18.2 Å². The SMILES string of the molecule is CCCC(C)C(N)c1ccc2c(c1)C(=O)NCCC2. The van der Waals surface area contributed by atoms with E-state index in [9.17, 15) is 4.79 Å². The molecular weight excluding hydrogens is 236 g/mol. The summed E-state index contributed by atoms with van der Waals surface area (Å²) < 4.78 is 0. The smallest absolute Gasteiger partial charge is 0.251 e.